The van der Waals surface area contributed by atoms with Gasteiger partial charge in [0.2, 0.25) is 0 Å². The largest absolute Gasteiger partial charge is 0.460 e. The number of esters is 2. The van der Waals surface area contributed by atoms with E-state index in [1.807, 2.05) is 13.8 Å². The Labute approximate surface area is 223 Å². The van der Waals surface area contributed by atoms with E-state index in [0.29, 0.717) is 46.5 Å². The molecule has 2 unspecified atom stereocenters. The minimum absolute atomic E-state index is 0.0711. The van der Waals surface area contributed by atoms with Crippen LogP contribution in [0.2, 0.25) is 0 Å². The fraction of sp³-hybridized carbons (Fsp3) is 0.333. The third-order valence-corrected chi connectivity index (χ3v) is 6.31. The lowest BCUT2D eigenvalue weighted by Gasteiger charge is -2.27. The van der Waals surface area contributed by atoms with Crippen molar-refractivity contribution in [2.45, 2.75) is 52.6 Å². The maximum Gasteiger partial charge on any atom is 0.333 e. The third kappa shape index (κ3) is 6.19. The Morgan fingerprint density at radius 3 is 1.42 bits per heavy atom. The van der Waals surface area contributed by atoms with E-state index < -0.39 is 11.9 Å². The van der Waals surface area contributed by atoms with Crippen molar-refractivity contribution in [3.8, 4) is 0 Å². The van der Waals surface area contributed by atoms with Crippen LogP contribution in [0.25, 0.3) is 0 Å². The van der Waals surface area contributed by atoms with Gasteiger partial charge in [-0.2, -0.15) is 0 Å². The van der Waals surface area contributed by atoms with E-state index in [4.69, 9.17) is 9.47 Å². The zero-order valence-electron chi connectivity index (χ0n) is 22.3. The second kappa shape index (κ2) is 12.4. The molecule has 2 N–H and O–H groups in total. The van der Waals surface area contributed by atoms with E-state index in [1.165, 1.54) is 0 Å². The molecule has 0 saturated heterocycles. The molecule has 2 atom stereocenters. The smallest absolute Gasteiger partial charge is 0.333 e. The van der Waals surface area contributed by atoms with Crippen LogP contribution in [-0.4, -0.2) is 48.8 Å². The van der Waals surface area contributed by atoms with Crippen molar-refractivity contribution in [2.75, 3.05) is 23.8 Å². The molecule has 8 heteroatoms. The summed E-state index contributed by atoms with van der Waals surface area (Å²) in [5.74, 6) is -1.55. The molecule has 0 bridgehead atoms. The van der Waals surface area contributed by atoms with Gasteiger partial charge in [0.1, 0.15) is 13.2 Å². The maximum absolute atomic E-state index is 13.7. The summed E-state index contributed by atoms with van der Waals surface area (Å²) >= 11 is 0. The second-order valence-corrected chi connectivity index (χ2v) is 9.37. The van der Waals surface area contributed by atoms with Gasteiger partial charge in [-0.1, -0.05) is 51.3 Å². The summed E-state index contributed by atoms with van der Waals surface area (Å²) in [6.07, 6.45) is 1.20. The maximum atomic E-state index is 13.7. The summed E-state index contributed by atoms with van der Waals surface area (Å²) in [5, 5.41) is 6.59. The minimum atomic E-state index is -0.495. The number of carbonyl (C=O) groups is 4. The average Bonchev–Trinajstić information content (AvgIpc) is 2.91. The summed E-state index contributed by atoms with van der Waals surface area (Å²) in [6.45, 7) is 14.3. The molecular weight excluding hydrogens is 484 g/mol. The van der Waals surface area contributed by atoms with Gasteiger partial charge in [0.15, 0.2) is 11.6 Å². The zero-order valence-corrected chi connectivity index (χ0v) is 22.3. The van der Waals surface area contributed by atoms with E-state index in [1.54, 1.807) is 50.2 Å². The van der Waals surface area contributed by atoms with Gasteiger partial charge >= 0.3 is 11.9 Å². The highest BCUT2D eigenvalue weighted by molar-refractivity contribution is 6.31. The molecule has 0 radical (unpaired) electrons. The lowest BCUT2D eigenvalue weighted by Crippen LogP contribution is -2.31. The van der Waals surface area contributed by atoms with Crippen molar-refractivity contribution < 1.29 is 28.7 Å². The number of fused-ring (bicyclic) bond motifs is 2. The van der Waals surface area contributed by atoms with Crippen molar-refractivity contribution in [3.05, 3.63) is 83.0 Å². The number of ether oxygens (including phenoxy) is 2. The Balaban J connectivity index is 1.99. The Morgan fingerprint density at radius 1 is 0.737 bits per heavy atom. The molecule has 0 fully saturated rings. The van der Waals surface area contributed by atoms with Crippen LogP contribution in [0.1, 0.15) is 72.4 Å². The van der Waals surface area contributed by atoms with Crippen molar-refractivity contribution in [1.29, 1.82) is 0 Å². The molecule has 38 heavy (non-hydrogen) atoms. The molecule has 0 saturated carbocycles. The monoisotopic (exact) mass is 518 g/mol. The van der Waals surface area contributed by atoms with Crippen LogP contribution in [0, 0.1) is 0 Å². The highest BCUT2D eigenvalue weighted by atomic mass is 16.5. The normalized spacial score (nSPS) is 13.5. The Kier molecular flexibility index (Phi) is 9.23. The first-order valence-electron chi connectivity index (χ1n) is 12.6. The number of hydrogen-bond donors (Lipinski definition) is 2. The number of hydrogen-bond acceptors (Lipinski definition) is 8. The Hall–Kier alpha value is -4.20. The molecule has 0 aliphatic heterocycles. The summed E-state index contributed by atoms with van der Waals surface area (Å²) < 4.78 is 10.6. The van der Waals surface area contributed by atoms with Crippen molar-refractivity contribution in [3.63, 3.8) is 0 Å². The van der Waals surface area contributed by atoms with E-state index in [2.05, 4.69) is 23.8 Å². The number of nitrogens with one attached hydrogen (secondary N) is 2. The van der Waals surface area contributed by atoms with Crippen LogP contribution in [0.5, 0.6) is 0 Å². The van der Waals surface area contributed by atoms with Crippen molar-refractivity contribution in [2.24, 2.45) is 0 Å². The van der Waals surface area contributed by atoms with Gasteiger partial charge in [0.05, 0.1) is 23.2 Å². The molecule has 1 aliphatic rings. The van der Waals surface area contributed by atoms with Crippen LogP contribution in [0.15, 0.2) is 60.7 Å². The van der Waals surface area contributed by atoms with Gasteiger partial charge in [-0.05, 0) is 38.8 Å². The summed E-state index contributed by atoms with van der Waals surface area (Å²) in [6, 6.07) is 9.59. The van der Waals surface area contributed by atoms with Crippen LogP contribution in [0.3, 0.4) is 0 Å². The van der Waals surface area contributed by atoms with E-state index in [-0.39, 0.29) is 48.0 Å². The van der Waals surface area contributed by atoms with E-state index >= 15 is 0 Å². The molecule has 8 nitrogen and oxygen atoms in total. The summed E-state index contributed by atoms with van der Waals surface area (Å²) in [4.78, 5) is 51.2. The molecule has 3 rings (SSSR count). The van der Waals surface area contributed by atoms with Crippen LogP contribution in [-0.2, 0) is 19.1 Å². The topological polar surface area (TPSA) is 111 Å². The first-order valence-corrected chi connectivity index (χ1v) is 12.6. The Bertz CT molecular complexity index is 1200. The molecule has 200 valence electrons. The number of ketones is 2. The molecule has 0 aromatic heterocycles. The van der Waals surface area contributed by atoms with Crippen molar-refractivity contribution in [1.82, 2.24) is 0 Å². The fourth-order valence-electron chi connectivity index (χ4n) is 4.03. The van der Waals surface area contributed by atoms with Gasteiger partial charge in [0, 0.05) is 33.6 Å². The fourth-order valence-corrected chi connectivity index (χ4v) is 4.03. The highest BCUT2D eigenvalue weighted by Gasteiger charge is 2.34. The summed E-state index contributed by atoms with van der Waals surface area (Å²) in [7, 11) is 0. The first kappa shape index (κ1) is 28.4. The predicted molar refractivity (Wildman–Crippen MR) is 147 cm³/mol. The van der Waals surface area contributed by atoms with E-state index in [0.717, 1.165) is 0 Å². The van der Waals surface area contributed by atoms with Gasteiger partial charge in [-0.25, -0.2) is 9.59 Å². The minimum Gasteiger partial charge on any atom is -0.460 e. The molecule has 0 amide bonds. The predicted octanol–water partition coefficient (Wildman–Crippen LogP) is 5.08. The standard InChI is InChI=1S/C30H34N2O6/c1-7-19(15-37-29(35)17(3)4)31-23-13-14-24(32-20(8-2)16-38-30(36)18(5)6)26-25(23)27(33)21-11-9-10-12-22(21)28(26)34/h9-14,19-20,31-32H,3,5,7-8,15-16H2,1-2,4,6H3. The van der Waals surface area contributed by atoms with Gasteiger partial charge in [0.25, 0.3) is 0 Å². The SMILES string of the molecule is C=C(C)C(=O)OCC(CC)Nc1ccc(NC(CC)COC(=O)C(=C)C)c2c1C(=O)c1ccccc1C2=O. The molecule has 2 aromatic rings. The molecule has 1 aliphatic carbocycles. The molecular formula is C30H34N2O6. The zero-order chi connectivity index (χ0) is 28.0. The second-order valence-electron chi connectivity index (χ2n) is 9.37. The first-order chi connectivity index (χ1) is 18.1. The van der Waals surface area contributed by atoms with Crippen molar-refractivity contribution >= 4 is 34.9 Å². The van der Waals surface area contributed by atoms with Crippen LogP contribution in [0.4, 0.5) is 11.4 Å². The molecule has 2 aromatic carbocycles. The van der Waals surface area contributed by atoms with Gasteiger partial charge in [-0.15, -0.1) is 0 Å². The molecule has 0 spiro atoms. The Morgan fingerprint density at radius 2 is 1.11 bits per heavy atom. The highest BCUT2D eigenvalue weighted by Crippen LogP contribution is 2.37. The lowest BCUT2D eigenvalue weighted by molar-refractivity contribution is -0.140. The number of carbonyl (C=O) groups excluding carboxylic acids is 4. The number of rotatable bonds is 12. The van der Waals surface area contributed by atoms with Crippen LogP contribution < -0.4 is 10.6 Å². The third-order valence-electron chi connectivity index (χ3n) is 6.31. The van der Waals surface area contributed by atoms with E-state index in [9.17, 15) is 19.2 Å². The quantitative estimate of drug-likeness (QED) is 0.252. The summed E-state index contributed by atoms with van der Waals surface area (Å²) in [5.41, 5.74) is 2.68. The van der Waals surface area contributed by atoms with Gasteiger partial charge < -0.3 is 20.1 Å². The number of anilines is 2. The lowest BCUT2D eigenvalue weighted by atomic mass is 9.82. The van der Waals surface area contributed by atoms with Crippen LogP contribution >= 0.6 is 0 Å². The average molecular weight is 519 g/mol. The number of benzene rings is 2. The van der Waals surface area contributed by atoms with Gasteiger partial charge in [-0.3, -0.25) is 9.59 Å². The molecule has 0 heterocycles.